The third kappa shape index (κ3) is 8.77. The van der Waals surface area contributed by atoms with Crippen LogP contribution in [0.5, 0.6) is 0 Å². The van der Waals surface area contributed by atoms with Crippen molar-refractivity contribution in [2.75, 3.05) is 51.2 Å². The van der Waals surface area contributed by atoms with E-state index in [0.717, 1.165) is 13.1 Å². The van der Waals surface area contributed by atoms with Crippen molar-refractivity contribution in [1.29, 1.82) is 0 Å². The fourth-order valence-corrected chi connectivity index (χ4v) is 5.79. The molecule has 1 aromatic carbocycles. The molecule has 0 bridgehead atoms. The summed E-state index contributed by atoms with van der Waals surface area (Å²) >= 11 is 0. The molecular weight excluding hydrogens is 544 g/mol. The maximum Gasteiger partial charge on any atom is 0.410 e. The molecule has 2 saturated heterocycles. The molecule has 1 N–H and O–H groups in total. The monoisotopic (exact) mass is 589 g/mol. The number of benzene rings is 1. The van der Waals surface area contributed by atoms with Gasteiger partial charge in [0.2, 0.25) is 0 Å². The van der Waals surface area contributed by atoms with E-state index in [9.17, 15) is 23.5 Å². The van der Waals surface area contributed by atoms with Crippen LogP contribution in [0.1, 0.15) is 52.0 Å². The first-order valence-electron chi connectivity index (χ1n) is 15.1. The van der Waals surface area contributed by atoms with Gasteiger partial charge in [-0.1, -0.05) is 26.0 Å². The zero-order valence-electron chi connectivity index (χ0n) is 25.2. The van der Waals surface area contributed by atoms with Crippen LogP contribution in [0.25, 0.3) is 6.08 Å². The number of halogens is 2. The van der Waals surface area contributed by atoms with Crippen LogP contribution >= 0.6 is 0 Å². The Balaban J connectivity index is 1.56. The highest BCUT2D eigenvalue weighted by Gasteiger charge is 2.29. The van der Waals surface area contributed by atoms with Crippen molar-refractivity contribution in [2.24, 2.45) is 11.8 Å². The Hall–Kier alpha value is -2.98. The lowest BCUT2D eigenvalue weighted by Gasteiger charge is -2.33. The normalized spacial score (nSPS) is 31.2. The van der Waals surface area contributed by atoms with Crippen LogP contribution in [0, 0.1) is 17.7 Å². The summed E-state index contributed by atoms with van der Waals surface area (Å²) in [6, 6.07) is 4.60. The van der Waals surface area contributed by atoms with E-state index < -0.39 is 36.3 Å². The Bertz CT molecular complexity index is 1150. The standard InChI is InChI=1S/C32H45F2N3O5/c1-21-5-7-28(38)19-30(39)42-31(22(2)6-8-29(21)41-32(40)36-13-11-35(4)12-14-36)23(3)15-24-16-26(34)18-27(17-24)37-10-9-25(33)20-37/h6,8,15-18,21-22,25,28-29,31,38H,5,7,9-14,19-20H2,1-4H3/b8-6+,23-15+/t21-,22-,25+,28+,29?,31-/m0/s1. The molecule has 6 atom stereocenters. The molecular formula is C32H45F2N3O5. The van der Waals surface area contributed by atoms with Gasteiger partial charge < -0.3 is 29.3 Å². The van der Waals surface area contributed by atoms with Gasteiger partial charge in [0.25, 0.3) is 0 Å². The number of amides is 1. The molecule has 0 aliphatic carbocycles. The van der Waals surface area contributed by atoms with Gasteiger partial charge in [-0.3, -0.25) is 4.79 Å². The second-order valence-electron chi connectivity index (χ2n) is 12.2. The van der Waals surface area contributed by atoms with Crippen molar-refractivity contribution in [2.45, 2.75) is 70.9 Å². The molecule has 232 valence electrons. The smallest absolute Gasteiger partial charge is 0.410 e. The minimum absolute atomic E-state index is 0.0785. The number of esters is 1. The zero-order chi connectivity index (χ0) is 30.4. The van der Waals surface area contributed by atoms with Crippen molar-refractivity contribution in [1.82, 2.24) is 9.80 Å². The number of ether oxygens (including phenoxy) is 2. The van der Waals surface area contributed by atoms with Gasteiger partial charge in [0, 0.05) is 50.9 Å². The third-order valence-corrected chi connectivity index (χ3v) is 8.50. The van der Waals surface area contributed by atoms with Crippen LogP contribution in [0.3, 0.4) is 0 Å². The summed E-state index contributed by atoms with van der Waals surface area (Å²) in [5, 5.41) is 10.6. The summed E-state index contributed by atoms with van der Waals surface area (Å²) in [6.45, 7) is 9.23. The van der Waals surface area contributed by atoms with E-state index in [0.29, 0.717) is 55.7 Å². The number of aliphatic hydroxyl groups excluding tert-OH is 1. The Kier molecular flexibility index (Phi) is 11.0. The van der Waals surface area contributed by atoms with E-state index in [2.05, 4.69) is 4.90 Å². The van der Waals surface area contributed by atoms with Crippen molar-refractivity contribution in [3.8, 4) is 0 Å². The van der Waals surface area contributed by atoms with Gasteiger partial charge in [0.1, 0.15) is 24.2 Å². The topological polar surface area (TPSA) is 82.5 Å². The van der Waals surface area contributed by atoms with E-state index >= 15 is 0 Å². The van der Waals surface area contributed by atoms with Crippen molar-refractivity contribution < 1.29 is 33.0 Å². The summed E-state index contributed by atoms with van der Waals surface area (Å²) < 4.78 is 40.2. The van der Waals surface area contributed by atoms with E-state index in [1.165, 1.54) is 12.1 Å². The van der Waals surface area contributed by atoms with Gasteiger partial charge in [0.05, 0.1) is 12.5 Å². The Morgan fingerprint density at radius 1 is 1.07 bits per heavy atom. The van der Waals surface area contributed by atoms with E-state index in [-0.39, 0.29) is 30.9 Å². The number of aliphatic hydroxyl groups is 1. The molecule has 1 unspecified atom stereocenters. The first-order valence-corrected chi connectivity index (χ1v) is 15.1. The second-order valence-corrected chi connectivity index (χ2v) is 12.2. The van der Waals surface area contributed by atoms with E-state index in [1.54, 1.807) is 11.0 Å². The molecule has 3 aliphatic heterocycles. The highest BCUT2D eigenvalue weighted by molar-refractivity contribution is 5.71. The van der Waals surface area contributed by atoms with Gasteiger partial charge in [-0.25, -0.2) is 13.6 Å². The summed E-state index contributed by atoms with van der Waals surface area (Å²) in [7, 11) is 2.02. The lowest BCUT2D eigenvalue weighted by molar-refractivity contribution is -0.151. The van der Waals surface area contributed by atoms with E-state index in [1.807, 2.05) is 50.9 Å². The number of hydrogen-bond donors (Lipinski definition) is 1. The maximum absolute atomic E-state index is 14.6. The molecule has 2 fully saturated rings. The van der Waals surface area contributed by atoms with Crippen LogP contribution < -0.4 is 4.90 Å². The fourth-order valence-electron chi connectivity index (χ4n) is 5.79. The van der Waals surface area contributed by atoms with Gasteiger partial charge in [0.15, 0.2) is 0 Å². The third-order valence-electron chi connectivity index (χ3n) is 8.50. The lowest BCUT2D eigenvalue weighted by atomic mass is 9.91. The van der Waals surface area contributed by atoms with Crippen LogP contribution in [0.4, 0.5) is 19.3 Å². The number of rotatable bonds is 4. The molecule has 42 heavy (non-hydrogen) atoms. The number of nitrogens with zero attached hydrogens (tertiary/aromatic N) is 3. The number of cyclic esters (lactones) is 1. The van der Waals surface area contributed by atoms with Crippen LogP contribution in [-0.4, -0.2) is 97.8 Å². The first-order chi connectivity index (χ1) is 20.0. The minimum Gasteiger partial charge on any atom is -0.457 e. The SMILES string of the molecule is C/C(=C\c1cc(F)cc(N2CC[C@@H](F)C2)c1)[C@H]1OC(=O)C[C@H](O)CC[C@H](C)C(OC(=O)N2CCN(C)CC2)/C=C/[C@@H]1C. The van der Waals surface area contributed by atoms with Crippen LogP contribution in [-0.2, 0) is 14.3 Å². The molecule has 1 amide bonds. The molecule has 0 radical (unpaired) electrons. The molecule has 0 spiro atoms. The summed E-state index contributed by atoms with van der Waals surface area (Å²) in [4.78, 5) is 31.5. The van der Waals surface area contributed by atoms with Crippen molar-refractivity contribution >= 4 is 23.8 Å². The van der Waals surface area contributed by atoms with Gasteiger partial charge >= 0.3 is 12.1 Å². The molecule has 1 aromatic rings. The molecule has 0 aromatic heterocycles. The second kappa shape index (κ2) is 14.5. The molecule has 0 saturated carbocycles. The average Bonchev–Trinajstić information content (AvgIpc) is 3.38. The summed E-state index contributed by atoms with van der Waals surface area (Å²) in [5.74, 6) is -1.33. The van der Waals surface area contributed by atoms with Crippen LogP contribution in [0.15, 0.2) is 35.9 Å². The van der Waals surface area contributed by atoms with E-state index in [4.69, 9.17) is 9.47 Å². The van der Waals surface area contributed by atoms with Crippen molar-refractivity contribution in [3.63, 3.8) is 0 Å². The fraction of sp³-hybridized carbons (Fsp3) is 0.625. The quantitative estimate of drug-likeness (QED) is 0.399. The summed E-state index contributed by atoms with van der Waals surface area (Å²) in [6.07, 6.45) is 3.33. The first kappa shape index (κ1) is 31.9. The number of carbonyl (C=O) groups excluding carboxylic acids is 2. The highest BCUT2D eigenvalue weighted by atomic mass is 19.1. The number of likely N-dealkylation sites (N-methyl/N-ethyl adjacent to an activating group) is 1. The van der Waals surface area contributed by atoms with Gasteiger partial charge in [-0.15, -0.1) is 0 Å². The molecule has 4 rings (SSSR count). The number of anilines is 1. The Morgan fingerprint density at radius 2 is 1.81 bits per heavy atom. The highest BCUT2D eigenvalue weighted by Crippen LogP contribution is 2.28. The molecule has 10 heteroatoms. The van der Waals surface area contributed by atoms with Gasteiger partial charge in [-0.2, -0.15) is 0 Å². The van der Waals surface area contributed by atoms with Crippen molar-refractivity contribution in [3.05, 3.63) is 47.3 Å². The number of alkyl halides is 1. The molecule has 3 heterocycles. The Morgan fingerprint density at radius 3 is 2.50 bits per heavy atom. The molecule has 8 nitrogen and oxygen atoms in total. The minimum atomic E-state index is -0.931. The average molecular weight is 590 g/mol. The predicted molar refractivity (Wildman–Crippen MR) is 158 cm³/mol. The largest absolute Gasteiger partial charge is 0.457 e. The number of hydrogen-bond acceptors (Lipinski definition) is 7. The molecule has 3 aliphatic rings. The van der Waals surface area contributed by atoms with Gasteiger partial charge in [-0.05, 0) is 74.6 Å². The number of piperazine rings is 1. The lowest BCUT2D eigenvalue weighted by Crippen LogP contribution is -2.48. The maximum atomic E-state index is 14.6. The number of carbonyl (C=O) groups is 2. The van der Waals surface area contributed by atoms with Crippen LogP contribution in [0.2, 0.25) is 0 Å². The Labute approximate surface area is 247 Å². The predicted octanol–water partition coefficient (Wildman–Crippen LogP) is 4.81. The zero-order valence-corrected chi connectivity index (χ0v) is 25.2. The summed E-state index contributed by atoms with van der Waals surface area (Å²) in [5.41, 5.74) is 1.88.